The Morgan fingerprint density at radius 1 is 1.10 bits per heavy atom. The van der Waals surface area contributed by atoms with Gasteiger partial charge in [0.1, 0.15) is 5.75 Å². The van der Waals surface area contributed by atoms with Gasteiger partial charge in [-0.15, -0.1) is 0 Å². The number of anilines is 1. The Labute approximate surface area is 176 Å². The number of carbonyl (C=O) groups is 2. The maximum Gasteiger partial charge on any atom is 0.255 e. The minimum atomic E-state index is -0.214. The highest BCUT2D eigenvalue weighted by Crippen LogP contribution is 2.23. The minimum absolute atomic E-state index is 0.00588. The molecule has 3 rings (SSSR count). The van der Waals surface area contributed by atoms with Crippen molar-refractivity contribution in [2.75, 3.05) is 39.2 Å². The summed E-state index contributed by atoms with van der Waals surface area (Å²) >= 11 is 6.02. The van der Waals surface area contributed by atoms with E-state index in [2.05, 4.69) is 5.32 Å². The number of halogens is 1. The van der Waals surface area contributed by atoms with Crippen LogP contribution in [-0.2, 0) is 0 Å². The van der Waals surface area contributed by atoms with E-state index in [1.807, 2.05) is 48.2 Å². The highest BCUT2D eigenvalue weighted by molar-refractivity contribution is 6.31. The van der Waals surface area contributed by atoms with Crippen LogP contribution in [0.3, 0.4) is 0 Å². The molecule has 0 saturated carbocycles. The number of methoxy groups -OCH3 is 1. The van der Waals surface area contributed by atoms with Gasteiger partial charge in [-0.1, -0.05) is 11.6 Å². The number of hydrogen-bond acceptors (Lipinski definition) is 4. The van der Waals surface area contributed by atoms with Crippen molar-refractivity contribution >= 4 is 29.1 Å². The van der Waals surface area contributed by atoms with Gasteiger partial charge >= 0.3 is 0 Å². The predicted octanol–water partition coefficient (Wildman–Crippen LogP) is 3.45. The van der Waals surface area contributed by atoms with Crippen LogP contribution >= 0.6 is 11.6 Å². The quantitative estimate of drug-likeness (QED) is 0.812. The van der Waals surface area contributed by atoms with Crippen molar-refractivity contribution in [3.8, 4) is 5.75 Å². The molecule has 0 bridgehead atoms. The Balaban J connectivity index is 1.57. The van der Waals surface area contributed by atoms with Crippen LogP contribution in [0.1, 0.15) is 33.6 Å². The molecule has 1 N–H and O–H groups in total. The maximum atomic E-state index is 12.7. The molecule has 2 aromatic carbocycles. The van der Waals surface area contributed by atoms with Gasteiger partial charge in [0.2, 0.25) is 0 Å². The smallest absolute Gasteiger partial charge is 0.255 e. The van der Waals surface area contributed by atoms with Crippen molar-refractivity contribution in [1.82, 2.24) is 10.2 Å². The lowest BCUT2D eigenvalue weighted by molar-refractivity contribution is 0.0698. The minimum Gasteiger partial charge on any atom is -0.496 e. The first-order chi connectivity index (χ1) is 13.9. The zero-order chi connectivity index (χ0) is 21.0. The predicted molar refractivity (Wildman–Crippen MR) is 115 cm³/mol. The van der Waals surface area contributed by atoms with E-state index in [1.54, 1.807) is 18.2 Å². The normalized spacial score (nSPS) is 14.4. The van der Waals surface area contributed by atoms with E-state index in [-0.39, 0.29) is 17.9 Å². The third-order valence-electron chi connectivity index (χ3n) is 5.15. The number of nitrogens with one attached hydrogen (secondary N) is 1. The molecule has 0 aromatic heterocycles. The Morgan fingerprint density at radius 3 is 2.34 bits per heavy atom. The van der Waals surface area contributed by atoms with Gasteiger partial charge in [0.05, 0.1) is 12.7 Å². The van der Waals surface area contributed by atoms with Gasteiger partial charge in [-0.25, -0.2) is 0 Å². The van der Waals surface area contributed by atoms with Gasteiger partial charge in [0.15, 0.2) is 0 Å². The van der Waals surface area contributed by atoms with Gasteiger partial charge in [-0.2, -0.15) is 0 Å². The molecular weight excluding hydrogens is 390 g/mol. The van der Waals surface area contributed by atoms with Gasteiger partial charge in [-0.3, -0.25) is 9.59 Å². The standard InChI is InChI=1S/C22H26ClN3O3/c1-25(2)18-7-4-15(5-8-18)22(28)26-12-10-17(11-13-26)24-21(27)19-14-16(23)6-9-20(19)29-3/h4-9,14,17H,10-13H2,1-3H3,(H,24,27). The molecule has 7 heteroatoms. The SMILES string of the molecule is COc1ccc(Cl)cc1C(=O)NC1CCN(C(=O)c2ccc(N(C)C)cc2)CC1. The average molecular weight is 416 g/mol. The molecule has 0 aliphatic carbocycles. The molecule has 29 heavy (non-hydrogen) atoms. The lowest BCUT2D eigenvalue weighted by Crippen LogP contribution is -2.46. The Morgan fingerprint density at radius 2 is 1.76 bits per heavy atom. The van der Waals surface area contributed by atoms with E-state index in [4.69, 9.17) is 16.3 Å². The van der Waals surface area contributed by atoms with Crippen LogP contribution < -0.4 is 15.0 Å². The summed E-state index contributed by atoms with van der Waals surface area (Å²) in [7, 11) is 5.46. The molecule has 0 radical (unpaired) electrons. The summed E-state index contributed by atoms with van der Waals surface area (Å²) in [6.07, 6.45) is 1.41. The van der Waals surface area contributed by atoms with E-state index >= 15 is 0 Å². The maximum absolute atomic E-state index is 12.7. The van der Waals surface area contributed by atoms with Gasteiger partial charge < -0.3 is 19.9 Å². The van der Waals surface area contributed by atoms with E-state index in [1.165, 1.54) is 7.11 Å². The number of rotatable bonds is 5. The molecule has 1 fully saturated rings. The van der Waals surface area contributed by atoms with Crippen molar-refractivity contribution in [3.63, 3.8) is 0 Å². The lowest BCUT2D eigenvalue weighted by atomic mass is 10.0. The summed E-state index contributed by atoms with van der Waals surface area (Å²) in [5, 5.41) is 3.52. The monoisotopic (exact) mass is 415 g/mol. The number of piperidine rings is 1. The molecule has 2 aromatic rings. The van der Waals surface area contributed by atoms with Crippen molar-refractivity contribution in [3.05, 3.63) is 58.6 Å². The fourth-order valence-corrected chi connectivity index (χ4v) is 3.60. The fraction of sp³-hybridized carbons (Fsp3) is 0.364. The lowest BCUT2D eigenvalue weighted by Gasteiger charge is -2.32. The summed E-state index contributed by atoms with van der Waals surface area (Å²) < 4.78 is 5.26. The Kier molecular flexibility index (Phi) is 6.64. The third kappa shape index (κ3) is 5.01. The zero-order valence-corrected chi connectivity index (χ0v) is 17.7. The van der Waals surface area contributed by atoms with Gasteiger partial charge in [-0.05, 0) is 55.3 Å². The molecule has 1 aliphatic rings. The van der Waals surface area contributed by atoms with Crippen molar-refractivity contribution in [2.45, 2.75) is 18.9 Å². The number of carbonyl (C=O) groups excluding carboxylic acids is 2. The molecule has 0 atom stereocenters. The van der Waals surface area contributed by atoms with Crippen LogP contribution in [-0.4, -0.2) is 57.1 Å². The molecule has 6 nitrogen and oxygen atoms in total. The van der Waals surface area contributed by atoms with Gasteiger partial charge in [0, 0.05) is 49.5 Å². The highest BCUT2D eigenvalue weighted by atomic mass is 35.5. The van der Waals surface area contributed by atoms with E-state index < -0.39 is 0 Å². The highest BCUT2D eigenvalue weighted by Gasteiger charge is 2.25. The van der Waals surface area contributed by atoms with Crippen molar-refractivity contribution in [1.29, 1.82) is 0 Å². The molecule has 0 spiro atoms. The number of likely N-dealkylation sites (tertiary alicyclic amines) is 1. The second-order valence-corrected chi connectivity index (χ2v) is 7.76. The number of benzene rings is 2. The first-order valence-corrected chi connectivity index (χ1v) is 9.98. The number of nitrogens with zero attached hydrogens (tertiary/aromatic N) is 2. The van der Waals surface area contributed by atoms with Crippen LogP contribution in [0.25, 0.3) is 0 Å². The van der Waals surface area contributed by atoms with E-state index in [9.17, 15) is 9.59 Å². The Bertz CT molecular complexity index is 875. The second kappa shape index (κ2) is 9.18. The summed E-state index contributed by atoms with van der Waals surface area (Å²) in [5.41, 5.74) is 2.15. The molecule has 2 amide bonds. The molecule has 154 valence electrons. The van der Waals surface area contributed by atoms with Crippen molar-refractivity contribution in [2.24, 2.45) is 0 Å². The molecule has 1 saturated heterocycles. The topological polar surface area (TPSA) is 61.9 Å². The van der Waals surface area contributed by atoms with Gasteiger partial charge in [0.25, 0.3) is 11.8 Å². The number of hydrogen-bond donors (Lipinski definition) is 1. The summed E-state index contributed by atoms with van der Waals surface area (Å²) in [4.78, 5) is 29.2. The fourth-order valence-electron chi connectivity index (χ4n) is 3.43. The average Bonchev–Trinajstić information content (AvgIpc) is 2.73. The molecule has 0 unspecified atom stereocenters. The van der Waals surface area contributed by atoms with E-state index in [0.29, 0.717) is 47.8 Å². The summed E-state index contributed by atoms with van der Waals surface area (Å²) in [5.74, 6) is 0.297. The van der Waals surface area contributed by atoms with Crippen LogP contribution in [0.4, 0.5) is 5.69 Å². The van der Waals surface area contributed by atoms with E-state index in [0.717, 1.165) is 5.69 Å². The van der Waals surface area contributed by atoms with Crippen LogP contribution in [0.5, 0.6) is 5.75 Å². The largest absolute Gasteiger partial charge is 0.496 e. The summed E-state index contributed by atoms with van der Waals surface area (Å²) in [6.45, 7) is 1.21. The number of amides is 2. The first-order valence-electron chi connectivity index (χ1n) is 9.60. The molecule has 1 heterocycles. The Hall–Kier alpha value is -2.73. The van der Waals surface area contributed by atoms with Crippen LogP contribution in [0.2, 0.25) is 5.02 Å². The van der Waals surface area contributed by atoms with Crippen LogP contribution in [0.15, 0.2) is 42.5 Å². The summed E-state index contributed by atoms with van der Waals surface area (Å²) in [6, 6.07) is 12.6. The first kappa shape index (κ1) is 21.0. The number of ether oxygens (including phenoxy) is 1. The van der Waals surface area contributed by atoms with Crippen molar-refractivity contribution < 1.29 is 14.3 Å². The molecular formula is C22H26ClN3O3. The molecule has 1 aliphatic heterocycles. The third-order valence-corrected chi connectivity index (χ3v) is 5.39. The second-order valence-electron chi connectivity index (χ2n) is 7.33. The van der Waals surface area contributed by atoms with Crippen LogP contribution in [0, 0.1) is 0 Å². The zero-order valence-electron chi connectivity index (χ0n) is 16.9.